The molecule has 1 unspecified atom stereocenters. The highest BCUT2D eigenvalue weighted by atomic mass is 15.5. The molecule has 5 nitrogen and oxygen atoms in total. The van der Waals surface area contributed by atoms with E-state index in [0.717, 1.165) is 17.9 Å². The molecule has 5 heteroatoms. The van der Waals surface area contributed by atoms with Crippen molar-refractivity contribution in [1.82, 2.24) is 15.0 Å². The van der Waals surface area contributed by atoms with Crippen LogP contribution in [0.2, 0.25) is 0 Å². The topological polar surface area (TPSA) is 68.8 Å². The summed E-state index contributed by atoms with van der Waals surface area (Å²) in [5.41, 5.74) is 7.81. The van der Waals surface area contributed by atoms with Crippen molar-refractivity contribution in [2.24, 2.45) is 17.6 Å². The van der Waals surface area contributed by atoms with Gasteiger partial charge in [-0.25, -0.2) is 0 Å². The average Bonchev–Trinajstić information content (AvgIpc) is 2.94. The first-order valence-electron chi connectivity index (χ1n) is 6.61. The first kappa shape index (κ1) is 13.5. The van der Waals surface area contributed by atoms with Gasteiger partial charge in [-0.15, -0.1) is 0 Å². The Balaban J connectivity index is 1.96. The lowest BCUT2D eigenvalue weighted by Crippen LogP contribution is -2.27. The summed E-state index contributed by atoms with van der Waals surface area (Å²) < 4.78 is 0. The van der Waals surface area contributed by atoms with E-state index in [0.29, 0.717) is 18.4 Å². The molecule has 0 saturated heterocycles. The van der Waals surface area contributed by atoms with Gasteiger partial charge in [0.05, 0.1) is 18.1 Å². The van der Waals surface area contributed by atoms with Gasteiger partial charge >= 0.3 is 0 Å². The third-order valence-electron chi connectivity index (χ3n) is 3.33. The molecule has 0 aliphatic heterocycles. The molecule has 2 aromatic rings. The summed E-state index contributed by atoms with van der Waals surface area (Å²) in [6.07, 6.45) is 3.33. The maximum absolute atomic E-state index is 5.77. The number of nitrogens with two attached hydrogens (primary N) is 1. The molecule has 19 heavy (non-hydrogen) atoms. The Morgan fingerprint density at radius 2 is 1.79 bits per heavy atom. The highest BCUT2D eigenvalue weighted by molar-refractivity contribution is 5.48. The third-order valence-corrected chi connectivity index (χ3v) is 3.33. The van der Waals surface area contributed by atoms with Crippen LogP contribution >= 0.6 is 0 Å². The van der Waals surface area contributed by atoms with Crippen molar-refractivity contribution in [2.75, 3.05) is 18.4 Å². The van der Waals surface area contributed by atoms with Crippen LogP contribution in [0, 0.1) is 11.8 Å². The Labute approximate surface area is 113 Å². The molecular weight excluding hydrogens is 238 g/mol. The molecule has 0 saturated carbocycles. The molecule has 0 amide bonds. The molecule has 1 heterocycles. The number of hydrogen-bond acceptors (Lipinski definition) is 4. The molecule has 0 spiro atoms. The van der Waals surface area contributed by atoms with E-state index in [1.165, 1.54) is 0 Å². The van der Waals surface area contributed by atoms with Gasteiger partial charge in [0.1, 0.15) is 0 Å². The zero-order chi connectivity index (χ0) is 13.7. The molecule has 1 aromatic carbocycles. The van der Waals surface area contributed by atoms with Crippen LogP contribution in [-0.4, -0.2) is 28.1 Å². The monoisotopic (exact) mass is 259 g/mol. The number of nitrogens with zero attached hydrogens (tertiary/aromatic N) is 3. The Bertz CT molecular complexity index is 475. The van der Waals surface area contributed by atoms with Crippen LogP contribution in [0.5, 0.6) is 0 Å². The number of anilines is 1. The van der Waals surface area contributed by atoms with Crippen molar-refractivity contribution in [3.05, 3.63) is 36.7 Å². The minimum Gasteiger partial charge on any atom is -0.385 e. The van der Waals surface area contributed by atoms with Gasteiger partial charge < -0.3 is 11.1 Å². The average molecular weight is 259 g/mol. The lowest BCUT2D eigenvalue weighted by molar-refractivity contribution is 0.413. The van der Waals surface area contributed by atoms with E-state index in [4.69, 9.17) is 5.73 Å². The lowest BCUT2D eigenvalue weighted by atomic mass is 9.96. The van der Waals surface area contributed by atoms with Gasteiger partial charge in [-0.1, -0.05) is 13.8 Å². The fourth-order valence-electron chi connectivity index (χ4n) is 1.90. The zero-order valence-electron chi connectivity index (χ0n) is 11.5. The van der Waals surface area contributed by atoms with Gasteiger partial charge in [0, 0.05) is 12.2 Å². The molecule has 2 rings (SSSR count). The first-order chi connectivity index (χ1) is 9.20. The van der Waals surface area contributed by atoms with Gasteiger partial charge in [-0.2, -0.15) is 15.0 Å². The van der Waals surface area contributed by atoms with Gasteiger partial charge in [-0.3, -0.25) is 0 Å². The Kier molecular flexibility index (Phi) is 4.52. The van der Waals surface area contributed by atoms with Crippen molar-refractivity contribution >= 4 is 5.69 Å². The summed E-state index contributed by atoms with van der Waals surface area (Å²) in [4.78, 5) is 1.60. The van der Waals surface area contributed by atoms with Crippen LogP contribution in [0.3, 0.4) is 0 Å². The van der Waals surface area contributed by atoms with Crippen LogP contribution in [0.1, 0.15) is 13.8 Å². The van der Waals surface area contributed by atoms with E-state index in [-0.39, 0.29) is 0 Å². The molecule has 1 aromatic heterocycles. The number of nitrogens with one attached hydrogen (secondary N) is 1. The molecule has 102 valence electrons. The van der Waals surface area contributed by atoms with Gasteiger partial charge in [-0.05, 0) is 42.6 Å². The van der Waals surface area contributed by atoms with E-state index >= 15 is 0 Å². The SMILES string of the molecule is CC(C)C(CN)CNc1ccc(-n2nccn2)cc1. The summed E-state index contributed by atoms with van der Waals surface area (Å²) in [5.74, 6) is 1.08. The molecule has 0 aliphatic rings. The first-order valence-corrected chi connectivity index (χ1v) is 6.61. The van der Waals surface area contributed by atoms with Crippen LogP contribution in [0.4, 0.5) is 5.69 Å². The normalized spacial score (nSPS) is 12.6. The van der Waals surface area contributed by atoms with Crippen molar-refractivity contribution in [3.8, 4) is 5.69 Å². The van der Waals surface area contributed by atoms with E-state index in [2.05, 4.69) is 29.4 Å². The maximum atomic E-state index is 5.77. The van der Waals surface area contributed by atoms with Crippen molar-refractivity contribution in [2.45, 2.75) is 13.8 Å². The number of hydrogen-bond donors (Lipinski definition) is 2. The third kappa shape index (κ3) is 3.54. The quantitative estimate of drug-likeness (QED) is 0.831. The minimum absolute atomic E-state index is 0.493. The van der Waals surface area contributed by atoms with E-state index in [1.54, 1.807) is 17.2 Å². The Morgan fingerprint density at radius 1 is 1.16 bits per heavy atom. The minimum atomic E-state index is 0.493. The van der Waals surface area contributed by atoms with Crippen LogP contribution < -0.4 is 11.1 Å². The van der Waals surface area contributed by atoms with Gasteiger partial charge in [0.15, 0.2) is 0 Å². The summed E-state index contributed by atoms with van der Waals surface area (Å²) in [6.45, 7) is 6.00. The summed E-state index contributed by atoms with van der Waals surface area (Å²) in [6, 6.07) is 8.06. The lowest BCUT2D eigenvalue weighted by Gasteiger charge is -2.20. The molecule has 1 atom stereocenters. The zero-order valence-corrected chi connectivity index (χ0v) is 11.5. The largest absolute Gasteiger partial charge is 0.385 e. The highest BCUT2D eigenvalue weighted by Gasteiger charge is 2.10. The standard InChI is InChI=1S/C14H21N5/c1-11(2)12(9-15)10-16-13-3-5-14(6-4-13)19-17-7-8-18-19/h3-8,11-12,16H,9-10,15H2,1-2H3. The van der Waals surface area contributed by atoms with Gasteiger partial charge in [0.25, 0.3) is 0 Å². The fraction of sp³-hybridized carbons (Fsp3) is 0.429. The van der Waals surface area contributed by atoms with Crippen molar-refractivity contribution in [1.29, 1.82) is 0 Å². The maximum Gasteiger partial charge on any atom is 0.0858 e. The van der Waals surface area contributed by atoms with Crippen molar-refractivity contribution < 1.29 is 0 Å². The molecule has 0 aliphatic carbocycles. The van der Waals surface area contributed by atoms with Crippen LogP contribution in [0.15, 0.2) is 36.7 Å². The summed E-state index contributed by atoms with van der Waals surface area (Å²) in [7, 11) is 0. The second-order valence-corrected chi connectivity index (χ2v) is 4.99. The number of benzene rings is 1. The molecule has 0 radical (unpaired) electrons. The predicted molar refractivity (Wildman–Crippen MR) is 77.2 cm³/mol. The van der Waals surface area contributed by atoms with Crippen LogP contribution in [0.25, 0.3) is 5.69 Å². The molecule has 0 bridgehead atoms. The van der Waals surface area contributed by atoms with E-state index in [1.807, 2.05) is 24.3 Å². The van der Waals surface area contributed by atoms with Crippen LogP contribution in [-0.2, 0) is 0 Å². The second kappa shape index (κ2) is 6.33. The predicted octanol–water partition coefficient (Wildman–Crippen LogP) is 1.91. The summed E-state index contributed by atoms with van der Waals surface area (Å²) >= 11 is 0. The molecule has 3 N–H and O–H groups in total. The Morgan fingerprint density at radius 3 is 2.32 bits per heavy atom. The number of rotatable bonds is 6. The highest BCUT2D eigenvalue weighted by Crippen LogP contribution is 2.14. The van der Waals surface area contributed by atoms with Gasteiger partial charge in [0.2, 0.25) is 0 Å². The Hall–Kier alpha value is -1.88. The second-order valence-electron chi connectivity index (χ2n) is 4.99. The fourth-order valence-corrected chi connectivity index (χ4v) is 1.90. The number of aromatic nitrogens is 3. The van der Waals surface area contributed by atoms with Crippen molar-refractivity contribution in [3.63, 3.8) is 0 Å². The van der Waals surface area contributed by atoms with E-state index in [9.17, 15) is 0 Å². The summed E-state index contributed by atoms with van der Waals surface area (Å²) in [5, 5.41) is 11.6. The molecule has 0 fully saturated rings. The molecular formula is C14H21N5. The van der Waals surface area contributed by atoms with E-state index < -0.39 is 0 Å². The smallest absolute Gasteiger partial charge is 0.0858 e.